The van der Waals surface area contributed by atoms with Crippen LogP contribution >= 0.6 is 0 Å². The van der Waals surface area contributed by atoms with Crippen molar-refractivity contribution in [3.63, 3.8) is 0 Å². The van der Waals surface area contributed by atoms with Gasteiger partial charge in [0.05, 0.1) is 0 Å². The Morgan fingerprint density at radius 3 is 1.25 bits per heavy atom. The smallest absolute Gasteiger partial charge is 0.130 e. The summed E-state index contributed by atoms with van der Waals surface area (Å²) >= 11 is 0. The number of ether oxygens (including phenoxy) is 2. The predicted octanol–water partition coefficient (Wildman–Crippen LogP) is 8.40. The highest BCUT2D eigenvalue weighted by Gasteiger charge is 2.06. The van der Waals surface area contributed by atoms with Crippen molar-refractivity contribution < 1.29 is 9.47 Å². The third-order valence-electron chi connectivity index (χ3n) is 5.17. The molecule has 2 heteroatoms. The monoisotopic (exact) mass is 418 g/mol. The quantitative estimate of drug-likeness (QED) is 0.254. The maximum Gasteiger partial charge on any atom is 0.130 e. The molecule has 0 aliphatic heterocycles. The highest BCUT2D eigenvalue weighted by molar-refractivity contribution is 5.65. The van der Waals surface area contributed by atoms with Gasteiger partial charge in [0.15, 0.2) is 0 Å². The molecule has 0 spiro atoms. The SMILES string of the molecule is C=CCc1ccccc1Oc1ccc(-c2ccc(Oc3ccccc3CC=C)cc2)cc1. The summed E-state index contributed by atoms with van der Waals surface area (Å²) in [6.07, 6.45) is 5.33. The molecule has 0 saturated carbocycles. The van der Waals surface area contributed by atoms with E-state index in [0.717, 1.165) is 58.1 Å². The summed E-state index contributed by atoms with van der Waals surface area (Å²) in [5.74, 6) is 3.34. The molecule has 0 aliphatic carbocycles. The van der Waals surface area contributed by atoms with E-state index in [-0.39, 0.29) is 0 Å². The number of hydrogen-bond donors (Lipinski definition) is 0. The second-order valence-electron chi connectivity index (χ2n) is 7.45. The second kappa shape index (κ2) is 10.3. The lowest BCUT2D eigenvalue weighted by Crippen LogP contribution is -1.91. The van der Waals surface area contributed by atoms with Crippen LogP contribution < -0.4 is 9.47 Å². The van der Waals surface area contributed by atoms with Crippen molar-refractivity contribution in [1.29, 1.82) is 0 Å². The van der Waals surface area contributed by atoms with E-state index in [1.165, 1.54) is 0 Å². The fourth-order valence-corrected chi connectivity index (χ4v) is 3.54. The van der Waals surface area contributed by atoms with Crippen molar-refractivity contribution in [3.8, 4) is 34.1 Å². The van der Waals surface area contributed by atoms with Crippen LogP contribution in [-0.2, 0) is 12.8 Å². The standard InChI is InChI=1S/C30H26O2/c1-3-9-25-11-5-7-13-29(25)31-27-19-15-23(16-20-27)24-17-21-28(22-18-24)32-30-14-8-6-12-26(30)10-4-2/h3-8,11-22H,1-2,9-10H2. The van der Waals surface area contributed by atoms with Crippen LogP contribution in [0, 0.1) is 0 Å². The van der Waals surface area contributed by atoms with Crippen molar-refractivity contribution in [3.05, 3.63) is 133 Å². The van der Waals surface area contributed by atoms with Gasteiger partial charge in [0.25, 0.3) is 0 Å². The van der Waals surface area contributed by atoms with Crippen LogP contribution in [0.25, 0.3) is 11.1 Å². The summed E-state index contributed by atoms with van der Waals surface area (Å²) < 4.78 is 12.2. The molecule has 0 aromatic heterocycles. The Bertz CT molecular complexity index is 1090. The van der Waals surface area contributed by atoms with Crippen LogP contribution in [0.1, 0.15) is 11.1 Å². The lowest BCUT2D eigenvalue weighted by Gasteiger charge is -2.12. The first-order chi connectivity index (χ1) is 15.8. The summed E-state index contributed by atoms with van der Waals surface area (Å²) in [7, 11) is 0. The molecule has 32 heavy (non-hydrogen) atoms. The van der Waals surface area contributed by atoms with Gasteiger partial charge in [0.1, 0.15) is 23.0 Å². The van der Waals surface area contributed by atoms with Gasteiger partial charge >= 0.3 is 0 Å². The molecule has 0 heterocycles. The van der Waals surface area contributed by atoms with Crippen LogP contribution in [0.5, 0.6) is 23.0 Å². The lowest BCUT2D eigenvalue weighted by molar-refractivity contribution is 0.477. The van der Waals surface area contributed by atoms with Gasteiger partial charge in [-0.1, -0.05) is 72.8 Å². The fourth-order valence-electron chi connectivity index (χ4n) is 3.54. The molecule has 0 saturated heterocycles. The predicted molar refractivity (Wildman–Crippen MR) is 133 cm³/mol. The molecule has 158 valence electrons. The number of allylic oxidation sites excluding steroid dienone is 2. The summed E-state index contributed by atoms with van der Waals surface area (Å²) in [6, 6.07) is 32.3. The van der Waals surface area contributed by atoms with E-state index in [1.54, 1.807) is 0 Å². The Balaban J connectivity index is 1.46. The van der Waals surface area contributed by atoms with Crippen LogP contribution in [0.4, 0.5) is 0 Å². The molecule has 0 aliphatic rings. The second-order valence-corrected chi connectivity index (χ2v) is 7.45. The number of hydrogen-bond acceptors (Lipinski definition) is 2. The minimum Gasteiger partial charge on any atom is -0.457 e. The normalized spacial score (nSPS) is 10.4. The third-order valence-corrected chi connectivity index (χ3v) is 5.17. The zero-order valence-electron chi connectivity index (χ0n) is 18.0. The highest BCUT2D eigenvalue weighted by Crippen LogP contribution is 2.31. The molecule has 0 fully saturated rings. The topological polar surface area (TPSA) is 18.5 Å². The summed E-state index contributed by atoms with van der Waals surface area (Å²) in [4.78, 5) is 0. The molecule has 0 amide bonds. The molecule has 0 N–H and O–H groups in total. The van der Waals surface area contributed by atoms with Gasteiger partial charge in [-0.05, 0) is 71.5 Å². The average molecular weight is 419 g/mol. The van der Waals surface area contributed by atoms with Gasteiger partial charge in [-0.2, -0.15) is 0 Å². The van der Waals surface area contributed by atoms with Crippen molar-refractivity contribution in [2.24, 2.45) is 0 Å². The zero-order valence-corrected chi connectivity index (χ0v) is 18.0. The lowest BCUT2D eigenvalue weighted by atomic mass is 10.1. The van der Waals surface area contributed by atoms with Crippen molar-refractivity contribution in [2.75, 3.05) is 0 Å². The maximum atomic E-state index is 6.09. The van der Waals surface area contributed by atoms with Crippen molar-refractivity contribution in [2.45, 2.75) is 12.8 Å². The van der Waals surface area contributed by atoms with Crippen molar-refractivity contribution >= 4 is 0 Å². The van der Waals surface area contributed by atoms with Gasteiger partial charge in [-0.15, -0.1) is 13.2 Å². The summed E-state index contributed by atoms with van der Waals surface area (Å²) in [5.41, 5.74) is 4.49. The molecule has 4 aromatic rings. The third kappa shape index (κ3) is 5.16. The Morgan fingerprint density at radius 1 is 0.500 bits per heavy atom. The average Bonchev–Trinajstić information content (AvgIpc) is 2.83. The first-order valence-corrected chi connectivity index (χ1v) is 10.7. The molecule has 0 radical (unpaired) electrons. The largest absolute Gasteiger partial charge is 0.457 e. The van der Waals surface area contributed by atoms with E-state index in [4.69, 9.17) is 9.47 Å². The van der Waals surface area contributed by atoms with Crippen LogP contribution in [0.15, 0.2) is 122 Å². The number of rotatable bonds is 9. The van der Waals surface area contributed by atoms with E-state index in [0.29, 0.717) is 0 Å². The first-order valence-electron chi connectivity index (χ1n) is 10.7. The highest BCUT2D eigenvalue weighted by atomic mass is 16.5. The Hall–Kier alpha value is -4.04. The van der Waals surface area contributed by atoms with Crippen LogP contribution in [0.2, 0.25) is 0 Å². The van der Waals surface area contributed by atoms with Crippen LogP contribution in [-0.4, -0.2) is 0 Å². The fraction of sp³-hybridized carbons (Fsp3) is 0.0667. The maximum absolute atomic E-state index is 6.09. The van der Waals surface area contributed by atoms with E-state index in [9.17, 15) is 0 Å². The summed E-state index contributed by atoms with van der Waals surface area (Å²) in [6.45, 7) is 7.65. The minimum atomic E-state index is 0.779. The molecule has 4 rings (SSSR count). The van der Waals surface area contributed by atoms with Gasteiger partial charge in [0.2, 0.25) is 0 Å². The van der Waals surface area contributed by atoms with E-state index in [1.807, 2.05) is 72.8 Å². The zero-order chi connectivity index (χ0) is 22.2. The molecular weight excluding hydrogens is 392 g/mol. The number of benzene rings is 4. The molecular formula is C30H26O2. The Morgan fingerprint density at radius 2 is 0.875 bits per heavy atom. The van der Waals surface area contributed by atoms with Gasteiger partial charge < -0.3 is 9.47 Å². The number of para-hydroxylation sites is 2. The molecule has 4 aromatic carbocycles. The molecule has 0 unspecified atom stereocenters. The van der Waals surface area contributed by atoms with E-state index >= 15 is 0 Å². The summed E-state index contributed by atoms with van der Waals surface area (Å²) in [5, 5.41) is 0. The molecule has 2 nitrogen and oxygen atoms in total. The van der Waals surface area contributed by atoms with E-state index in [2.05, 4.69) is 49.6 Å². The van der Waals surface area contributed by atoms with Crippen LogP contribution in [0.3, 0.4) is 0 Å². The Labute approximate surface area is 190 Å². The van der Waals surface area contributed by atoms with Gasteiger partial charge in [-0.3, -0.25) is 0 Å². The minimum absolute atomic E-state index is 0.779. The van der Waals surface area contributed by atoms with Crippen molar-refractivity contribution in [1.82, 2.24) is 0 Å². The van der Waals surface area contributed by atoms with Gasteiger partial charge in [0, 0.05) is 0 Å². The van der Waals surface area contributed by atoms with E-state index < -0.39 is 0 Å². The first kappa shape index (κ1) is 21.2. The van der Waals surface area contributed by atoms with Gasteiger partial charge in [-0.25, -0.2) is 0 Å². The molecule has 0 atom stereocenters. The Kier molecular flexibility index (Phi) is 6.84. The molecule has 0 bridgehead atoms.